The van der Waals surface area contributed by atoms with Crippen molar-refractivity contribution < 1.29 is 14.3 Å². The lowest BCUT2D eigenvalue weighted by Crippen LogP contribution is -2.49. The lowest BCUT2D eigenvalue weighted by Gasteiger charge is -2.34. The average Bonchev–Trinajstić information content (AvgIpc) is 2.56. The fourth-order valence-corrected chi connectivity index (χ4v) is 3.39. The highest BCUT2D eigenvalue weighted by atomic mass is 16.5. The number of nitrogens with zero attached hydrogens (tertiary/aromatic N) is 1. The Morgan fingerprint density at radius 2 is 2.00 bits per heavy atom. The highest BCUT2D eigenvalue weighted by molar-refractivity contribution is 5.87. The number of carbonyl (C=O) groups excluding carboxylic acids is 1. The van der Waals surface area contributed by atoms with Crippen LogP contribution in [-0.4, -0.2) is 54.2 Å². The van der Waals surface area contributed by atoms with Gasteiger partial charge in [0.1, 0.15) is 6.10 Å². The first-order valence-electron chi connectivity index (χ1n) is 7.33. The van der Waals surface area contributed by atoms with Gasteiger partial charge in [0.2, 0.25) is 0 Å². The molecule has 4 nitrogen and oxygen atoms in total. The molecule has 2 rings (SSSR count). The first kappa shape index (κ1) is 14.9. The van der Waals surface area contributed by atoms with E-state index in [1.54, 1.807) is 0 Å². The van der Waals surface area contributed by atoms with Gasteiger partial charge in [0.15, 0.2) is 5.78 Å². The SMILES string of the molecule is CCN1CCOC(C(=O)C2CC(C)(C)OC2(C)C)C1. The largest absolute Gasteiger partial charge is 0.369 e. The molecule has 2 saturated heterocycles. The number of hydrogen-bond acceptors (Lipinski definition) is 4. The van der Waals surface area contributed by atoms with Crippen LogP contribution >= 0.6 is 0 Å². The van der Waals surface area contributed by atoms with Crippen LogP contribution in [0.3, 0.4) is 0 Å². The van der Waals surface area contributed by atoms with Crippen LogP contribution in [0.1, 0.15) is 41.0 Å². The molecule has 0 bridgehead atoms. The van der Waals surface area contributed by atoms with Gasteiger partial charge >= 0.3 is 0 Å². The van der Waals surface area contributed by atoms with E-state index < -0.39 is 5.60 Å². The number of hydrogen-bond donors (Lipinski definition) is 0. The number of carbonyl (C=O) groups is 1. The van der Waals surface area contributed by atoms with E-state index in [2.05, 4.69) is 25.7 Å². The molecule has 0 aromatic heterocycles. The normalized spacial score (nSPS) is 34.4. The van der Waals surface area contributed by atoms with Crippen molar-refractivity contribution in [2.24, 2.45) is 5.92 Å². The van der Waals surface area contributed by atoms with Crippen LogP contribution in [-0.2, 0) is 14.3 Å². The molecule has 2 unspecified atom stereocenters. The molecular formula is C15H27NO3. The Balaban J connectivity index is 2.07. The zero-order valence-corrected chi connectivity index (χ0v) is 12.9. The Bertz CT molecular complexity index is 351. The van der Waals surface area contributed by atoms with Crippen LogP contribution in [0.15, 0.2) is 0 Å². The Morgan fingerprint density at radius 1 is 1.32 bits per heavy atom. The summed E-state index contributed by atoms with van der Waals surface area (Å²) in [5.74, 6) is 0.151. The van der Waals surface area contributed by atoms with Crippen molar-refractivity contribution in [3.63, 3.8) is 0 Å². The minimum atomic E-state index is -0.390. The first-order chi connectivity index (χ1) is 8.75. The summed E-state index contributed by atoms with van der Waals surface area (Å²) < 4.78 is 11.7. The summed E-state index contributed by atoms with van der Waals surface area (Å²) in [4.78, 5) is 15.0. The summed E-state index contributed by atoms with van der Waals surface area (Å²) in [5.41, 5.74) is -0.610. The first-order valence-corrected chi connectivity index (χ1v) is 7.33. The summed E-state index contributed by atoms with van der Waals surface area (Å²) in [5, 5.41) is 0. The molecule has 0 spiro atoms. The molecule has 0 amide bonds. The average molecular weight is 269 g/mol. The Morgan fingerprint density at radius 3 is 2.53 bits per heavy atom. The molecule has 19 heavy (non-hydrogen) atoms. The minimum Gasteiger partial charge on any atom is -0.369 e. The topological polar surface area (TPSA) is 38.8 Å². The molecule has 4 heteroatoms. The van der Waals surface area contributed by atoms with Gasteiger partial charge in [-0.05, 0) is 40.7 Å². The monoisotopic (exact) mass is 269 g/mol. The smallest absolute Gasteiger partial charge is 0.168 e. The minimum absolute atomic E-state index is 0.0655. The molecule has 0 N–H and O–H groups in total. The summed E-state index contributed by atoms with van der Waals surface area (Å²) in [7, 11) is 0. The molecule has 2 aliphatic heterocycles. The van der Waals surface area contributed by atoms with Crippen LogP contribution in [0.25, 0.3) is 0 Å². The number of Topliss-reactive ketones (excluding diaryl/α,β-unsaturated/α-hetero) is 1. The molecule has 0 aromatic rings. The van der Waals surface area contributed by atoms with Crippen LogP contribution < -0.4 is 0 Å². The van der Waals surface area contributed by atoms with Crippen LogP contribution in [0.4, 0.5) is 0 Å². The van der Waals surface area contributed by atoms with Gasteiger partial charge in [-0.2, -0.15) is 0 Å². The third-order valence-electron chi connectivity index (χ3n) is 4.33. The van der Waals surface area contributed by atoms with Crippen molar-refractivity contribution in [2.75, 3.05) is 26.2 Å². The van der Waals surface area contributed by atoms with Gasteiger partial charge in [0.25, 0.3) is 0 Å². The van der Waals surface area contributed by atoms with E-state index in [0.29, 0.717) is 6.61 Å². The summed E-state index contributed by atoms with van der Waals surface area (Å²) >= 11 is 0. The highest BCUT2D eigenvalue weighted by Crippen LogP contribution is 2.43. The highest BCUT2D eigenvalue weighted by Gasteiger charge is 2.51. The van der Waals surface area contributed by atoms with E-state index >= 15 is 0 Å². The number of rotatable bonds is 3. The van der Waals surface area contributed by atoms with Crippen molar-refractivity contribution >= 4 is 5.78 Å². The maximum atomic E-state index is 12.7. The van der Waals surface area contributed by atoms with Crippen molar-refractivity contribution in [2.45, 2.75) is 58.3 Å². The van der Waals surface area contributed by atoms with E-state index in [1.165, 1.54) is 0 Å². The summed E-state index contributed by atoms with van der Waals surface area (Å²) in [6, 6.07) is 0. The third kappa shape index (κ3) is 3.18. The lowest BCUT2D eigenvalue weighted by atomic mass is 9.82. The standard InChI is InChI=1S/C15H27NO3/c1-6-16-7-8-18-12(10-16)13(17)11-9-14(2,3)19-15(11,4)5/h11-12H,6-10H2,1-5H3. The van der Waals surface area contributed by atoms with Crippen molar-refractivity contribution in [1.82, 2.24) is 4.90 Å². The fourth-order valence-electron chi connectivity index (χ4n) is 3.39. The molecule has 0 aromatic carbocycles. The number of morpholine rings is 1. The molecule has 2 fully saturated rings. The van der Waals surface area contributed by atoms with E-state index in [0.717, 1.165) is 26.1 Å². The molecule has 0 saturated carbocycles. The molecule has 0 aliphatic carbocycles. The zero-order valence-electron chi connectivity index (χ0n) is 12.9. The molecule has 2 aliphatic rings. The van der Waals surface area contributed by atoms with Crippen molar-refractivity contribution in [3.8, 4) is 0 Å². The Kier molecular flexibility index (Phi) is 4.05. The van der Waals surface area contributed by atoms with Gasteiger partial charge in [-0.15, -0.1) is 0 Å². The zero-order chi connectivity index (χ0) is 14.3. The van der Waals surface area contributed by atoms with Gasteiger partial charge in [-0.25, -0.2) is 0 Å². The van der Waals surface area contributed by atoms with E-state index in [-0.39, 0.29) is 23.4 Å². The Labute approximate surface area is 116 Å². The molecular weight excluding hydrogens is 242 g/mol. The predicted octanol–water partition coefficient (Wildman–Crippen LogP) is 1.87. The van der Waals surface area contributed by atoms with Gasteiger partial charge in [-0.3, -0.25) is 9.69 Å². The van der Waals surface area contributed by atoms with Gasteiger partial charge < -0.3 is 9.47 Å². The molecule has 0 radical (unpaired) electrons. The van der Waals surface area contributed by atoms with Crippen LogP contribution in [0, 0.1) is 5.92 Å². The fraction of sp³-hybridized carbons (Fsp3) is 0.933. The van der Waals surface area contributed by atoms with E-state index in [1.807, 2.05) is 13.8 Å². The quantitative estimate of drug-likeness (QED) is 0.784. The number of likely N-dealkylation sites (N-methyl/N-ethyl adjacent to an activating group) is 1. The van der Waals surface area contributed by atoms with E-state index in [9.17, 15) is 4.79 Å². The molecule has 2 atom stereocenters. The maximum Gasteiger partial charge on any atom is 0.168 e. The lowest BCUT2D eigenvalue weighted by molar-refractivity contribution is -0.146. The third-order valence-corrected chi connectivity index (χ3v) is 4.33. The maximum absolute atomic E-state index is 12.7. The van der Waals surface area contributed by atoms with Gasteiger partial charge in [0.05, 0.1) is 23.7 Å². The molecule has 2 heterocycles. The van der Waals surface area contributed by atoms with Gasteiger partial charge in [-0.1, -0.05) is 6.92 Å². The molecule has 110 valence electrons. The van der Waals surface area contributed by atoms with Gasteiger partial charge in [0, 0.05) is 13.1 Å². The van der Waals surface area contributed by atoms with Crippen LogP contribution in [0.5, 0.6) is 0 Å². The Hall–Kier alpha value is -0.450. The number of ether oxygens (including phenoxy) is 2. The second-order valence-corrected chi connectivity index (χ2v) is 6.88. The van der Waals surface area contributed by atoms with Crippen molar-refractivity contribution in [1.29, 1.82) is 0 Å². The number of ketones is 1. The summed E-state index contributed by atoms with van der Waals surface area (Å²) in [6.45, 7) is 13.6. The summed E-state index contributed by atoms with van der Waals surface area (Å²) in [6.07, 6.45) is 0.501. The van der Waals surface area contributed by atoms with Crippen molar-refractivity contribution in [3.05, 3.63) is 0 Å². The second-order valence-electron chi connectivity index (χ2n) is 6.88. The van der Waals surface area contributed by atoms with E-state index in [4.69, 9.17) is 9.47 Å². The predicted molar refractivity (Wildman–Crippen MR) is 74.2 cm³/mol. The second kappa shape index (κ2) is 5.15. The van der Waals surface area contributed by atoms with Crippen LogP contribution in [0.2, 0.25) is 0 Å².